The van der Waals surface area contributed by atoms with Crippen molar-refractivity contribution in [2.24, 2.45) is 0 Å². The number of nitrogens with one attached hydrogen (secondary N) is 1. The first-order chi connectivity index (χ1) is 8.69. The molecule has 0 amide bonds. The molecule has 3 heteroatoms. The van der Waals surface area contributed by atoms with Crippen molar-refractivity contribution in [2.75, 3.05) is 13.7 Å². The van der Waals surface area contributed by atoms with Gasteiger partial charge in [0.05, 0.1) is 6.61 Å². The highest BCUT2D eigenvalue weighted by atomic mass is 79.9. The lowest BCUT2D eigenvalue weighted by molar-refractivity contribution is 0.299. The normalized spacial score (nSPS) is 10.7. The molecule has 0 fully saturated rings. The standard InChI is InChI=1S/C15H24BrNO/c1-4-5-6-7-8-18-15-12(2)9-14(16)10-13(15)11-17-3/h9-10,17H,4-8,11H2,1-3H3. The van der Waals surface area contributed by atoms with E-state index in [4.69, 9.17) is 4.74 Å². The number of rotatable bonds is 8. The van der Waals surface area contributed by atoms with Crippen LogP contribution in [0.1, 0.15) is 43.7 Å². The lowest BCUT2D eigenvalue weighted by Crippen LogP contribution is -2.09. The number of ether oxygens (including phenoxy) is 1. The van der Waals surface area contributed by atoms with E-state index in [1.807, 2.05) is 7.05 Å². The Labute approximate surface area is 119 Å². The van der Waals surface area contributed by atoms with Gasteiger partial charge in [-0.25, -0.2) is 0 Å². The third kappa shape index (κ3) is 4.99. The van der Waals surface area contributed by atoms with Gasteiger partial charge in [-0.1, -0.05) is 42.1 Å². The van der Waals surface area contributed by atoms with Crippen molar-refractivity contribution in [2.45, 2.75) is 46.1 Å². The summed E-state index contributed by atoms with van der Waals surface area (Å²) in [5.74, 6) is 1.05. The average molecular weight is 314 g/mol. The Hall–Kier alpha value is -0.540. The Morgan fingerprint density at radius 1 is 1.22 bits per heavy atom. The average Bonchev–Trinajstić information content (AvgIpc) is 2.32. The van der Waals surface area contributed by atoms with Gasteiger partial charge in [0.2, 0.25) is 0 Å². The van der Waals surface area contributed by atoms with Crippen LogP contribution in [0.15, 0.2) is 16.6 Å². The second-order valence-electron chi connectivity index (χ2n) is 4.65. The first-order valence-corrected chi connectivity index (χ1v) is 7.54. The predicted octanol–water partition coefficient (Wildman–Crippen LogP) is 4.44. The van der Waals surface area contributed by atoms with Crippen LogP contribution in [-0.2, 0) is 6.54 Å². The molecule has 1 rings (SSSR count). The molecule has 0 bridgehead atoms. The molecule has 0 aromatic heterocycles. The Morgan fingerprint density at radius 3 is 2.67 bits per heavy atom. The minimum Gasteiger partial charge on any atom is -0.493 e. The van der Waals surface area contributed by atoms with Crippen molar-refractivity contribution in [3.05, 3.63) is 27.7 Å². The molecule has 0 aliphatic rings. The van der Waals surface area contributed by atoms with Crippen LogP contribution in [0.25, 0.3) is 0 Å². The molecule has 0 aliphatic heterocycles. The highest BCUT2D eigenvalue weighted by molar-refractivity contribution is 9.10. The van der Waals surface area contributed by atoms with Gasteiger partial charge >= 0.3 is 0 Å². The third-order valence-corrected chi connectivity index (χ3v) is 3.39. The largest absolute Gasteiger partial charge is 0.493 e. The summed E-state index contributed by atoms with van der Waals surface area (Å²) >= 11 is 3.54. The maximum atomic E-state index is 5.96. The second kappa shape index (κ2) is 8.54. The van der Waals surface area contributed by atoms with Gasteiger partial charge in [-0.15, -0.1) is 0 Å². The van der Waals surface area contributed by atoms with E-state index >= 15 is 0 Å². The van der Waals surface area contributed by atoms with Gasteiger partial charge in [0.25, 0.3) is 0 Å². The fraction of sp³-hybridized carbons (Fsp3) is 0.600. The van der Waals surface area contributed by atoms with E-state index in [0.717, 1.165) is 29.8 Å². The molecule has 0 aliphatic carbocycles. The smallest absolute Gasteiger partial charge is 0.126 e. The lowest BCUT2D eigenvalue weighted by Gasteiger charge is -2.15. The van der Waals surface area contributed by atoms with E-state index in [2.05, 4.69) is 47.2 Å². The van der Waals surface area contributed by atoms with Crippen LogP contribution in [0, 0.1) is 6.92 Å². The van der Waals surface area contributed by atoms with Crippen molar-refractivity contribution in [3.8, 4) is 5.75 Å². The Morgan fingerprint density at radius 2 is 2.00 bits per heavy atom. The number of aryl methyl sites for hydroxylation is 1. The molecule has 0 saturated heterocycles. The van der Waals surface area contributed by atoms with Crippen molar-refractivity contribution in [3.63, 3.8) is 0 Å². The summed E-state index contributed by atoms with van der Waals surface area (Å²) < 4.78 is 7.08. The van der Waals surface area contributed by atoms with Gasteiger partial charge in [-0.2, -0.15) is 0 Å². The van der Waals surface area contributed by atoms with Gasteiger partial charge in [0.15, 0.2) is 0 Å². The highest BCUT2D eigenvalue weighted by Crippen LogP contribution is 2.28. The molecule has 0 heterocycles. The minimum absolute atomic E-state index is 0.819. The Bertz CT molecular complexity index is 366. The second-order valence-corrected chi connectivity index (χ2v) is 5.57. The zero-order valence-electron chi connectivity index (χ0n) is 11.7. The number of hydrogen-bond acceptors (Lipinski definition) is 2. The van der Waals surface area contributed by atoms with Gasteiger partial charge in [0.1, 0.15) is 5.75 Å². The van der Waals surface area contributed by atoms with E-state index in [0.29, 0.717) is 0 Å². The summed E-state index contributed by atoms with van der Waals surface area (Å²) in [6.07, 6.45) is 4.96. The lowest BCUT2D eigenvalue weighted by atomic mass is 10.1. The monoisotopic (exact) mass is 313 g/mol. The van der Waals surface area contributed by atoms with Crippen molar-refractivity contribution < 1.29 is 4.74 Å². The van der Waals surface area contributed by atoms with Crippen LogP contribution in [-0.4, -0.2) is 13.7 Å². The molecule has 1 N–H and O–H groups in total. The van der Waals surface area contributed by atoms with Gasteiger partial charge < -0.3 is 10.1 Å². The molecule has 1 aromatic carbocycles. The first kappa shape index (κ1) is 15.5. The molecule has 18 heavy (non-hydrogen) atoms. The molecule has 0 radical (unpaired) electrons. The van der Waals surface area contributed by atoms with Crippen LogP contribution < -0.4 is 10.1 Å². The summed E-state index contributed by atoms with van der Waals surface area (Å²) in [4.78, 5) is 0. The van der Waals surface area contributed by atoms with E-state index in [-0.39, 0.29) is 0 Å². The molecule has 0 spiro atoms. The molecule has 0 atom stereocenters. The first-order valence-electron chi connectivity index (χ1n) is 6.75. The molecule has 1 aromatic rings. The predicted molar refractivity (Wildman–Crippen MR) is 81.3 cm³/mol. The van der Waals surface area contributed by atoms with E-state index < -0.39 is 0 Å². The molecular formula is C15H24BrNO. The molecule has 2 nitrogen and oxygen atoms in total. The SMILES string of the molecule is CCCCCCOc1c(C)cc(Br)cc1CNC. The van der Waals surface area contributed by atoms with Crippen molar-refractivity contribution in [1.82, 2.24) is 5.32 Å². The van der Waals surface area contributed by atoms with Crippen LogP contribution in [0.2, 0.25) is 0 Å². The summed E-state index contributed by atoms with van der Waals surface area (Å²) in [7, 11) is 1.96. The zero-order valence-corrected chi connectivity index (χ0v) is 13.3. The van der Waals surface area contributed by atoms with Crippen molar-refractivity contribution >= 4 is 15.9 Å². The maximum absolute atomic E-state index is 5.96. The topological polar surface area (TPSA) is 21.3 Å². The van der Waals surface area contributed by atoms with Crippen LogP contribution in [0.4, 0.5) is 0 Å². The van der Waals surface area contributed by atoms with Crippen LogP contribution >= 0.6 is 15.9 Å². The number of unbranched alkanes of at least 4 members (excludes halogenated alkanes) is 3. The minimum atomic E-state index is 0.819. The molecule has 0 unspecified atom stereocenters. The maximum Gasteiger partial charge on any atom is 0.126 e. The van der Waals surface area contributed by atoms with Crippen LogP contribution in [0.3, 0.4) is 0 Å². The highest BCUT2D eigenvalue weighted by Gasteiger charge is 2.08. The number of benzene rings is 1. The van der Waals surface area contributed by atoms with Crippen LogP contribution in [0.5, 0.6) is 5.75 Å². The van der Waals surface area contributed by atoms with Crippen molar-refractivity contribution in [1.29, 1.82) is 0 Å². The molecule has 0 saturated carbocycles. The van der Waals surface area contributed by atoms with E-state index in [1.54, 1.807) is 0 Å². The summed E-state index contributed by atoms with van der Waals surface area (Å²) in [6.45, 7) is 5.99. The molecular weight excluding hydrogens is 290 g/mol. The summed E-state index contributed by atoms with van der Waals surface area (Å²) in [5.41, 5.74) is 2.42. The van der Waals surface area contributed by atoms with Gasteiger partial charge in [-0.05, 0) is 38.1 Å². The summed E-state index contributed by atoms with van der Waals surface area (Å²) in [6, 6.07) is 4.24. The number of halogens is 1. The van der Waals surface area contributed by atoms with Gasteiger partial charge in [0, 0.05) is 16.6 Å². The Kier molecular flexibility index (Phi) is 7.36. The van der Waals surface area contributed by atoms with Gasteiger partial charge in [-0.3, -0.25) is 0 Å². The fourth-order valence-electron chi connectivity index (χ4n) is 2.03. The van der Waals surface area contributed by atoms with E-state index in [9.17, 15) is 0 Å². The zero-order chi connectivity index (χ0) is 13.4. The Balaban J connectivity index is 2.62. The van der Waals surface area contributed by atoms with E-state index in [1.165, 1.54) is 30.4 Å². The fourth-order valence-corrected chi connectivity index (χ4v) is 2.65. The third-order valence-electron chi connectivity index (χ3n) is 2.93. The summed E-state index contributed by atoms with van der Waals surface area (Å²) in [5, 5.41) is 3.19. The quantitative estimate of drug-likeness (QED) is 0.717. The number of hydrogen-bond donors (Lipinski definition) is 1. The molecule has 102 valence electrons.